The van der Waals surface area contributed by atoms with Gasteiger partial charge in [-0.3, -0.25) is 9.69 Å². The first-order valence-electron chi connectivity index (χ1n) is 7.00. The molecule has 0 bridgehead atoms. The molecule has 112 valence electrons. The van der Waals surface area contributed by atoms with Crippen LogP contribution >= 0.6 is 11.3 Å². The van der Waals surface area contributed by atoms with Crippen LogP contribution in [0.4, 0.5) is 16.2 Å². The fraction of sp³-hybridized carbons (Fsp3) is 0.267. The molecule has 7 heteroatoms. The molecule has 4 rings (SSSR count). The molecule has 1 atom stereocenters. The maximum Gasteiger partial charge on any atom is 0.414 e. The van der Waals surface area contributed by atoms with Crippen molar-refractivity contribution < 1.29 is 14.3 Å². The summed E-state index contributed by atoms with van der Waals surface area (Å²) < 4.78 is 4.96. The van der Waals surface area contributed by atoms with Crippen molar-refractivity contribution in [3.8, 4) is 0 Å². The molecule has 0 saturated carbocycles. The lowest BCUT2D eigenvalue weighted by atomic mass is 9.90. The molecule has 3 heterocycles. The Morgan fingerprint density at radius 1 is 1.36 bits per heavy atom. The highest BCUT2D eigenvalue weighted by Gasteiger charge is 2.30. The van der Waals surface area contributed by atoms with E-state index in [-0.39, 0.29) is 17.9 Å². The Kier molecular flexibility index (Phi) is 3.07. The van der Waals surface area contributed by atoms with Crippen LogP contribution in [-0.4, -0.2) is 30.1 Å². The first-order valence-corrected chi connectivity index (χ1v) is 7.88. The van der Waals surface area contributed by atoms with Gasteiger partial charge in [0.25, 0.3) is 0 Å². The number of amides is 2. The molecule has 1 aromatic carbocycles. The van der Waals surface area contributed by atoms with Gasteiger partial charge in [-0.15, -0.1) is 11.3 Å². The van der Waals surface area contributed by atoms with Gasteiger partial charge in [-0.1, -0.05) is 6.07 Å². The Hall–Kier alpha value is -2.41. The third kappa shape index (κ3) is 2.14. The number of nitrogens with zero attached hydrogens (tertiary/aromatic N) is 2. The normalized spacial score (nSPS) is 20.5. The Labute approximate surface area is 130 Å². The Balaban J connectivity index is 1.74. The van der Waals surface area contributed by atoms with E-state index in [2.05, 4.69) is 10.3 Å². The summed E-state index contributed by atoms with van der Waals surface area (Å²) in [6.07, 6.45) is 1.80. The number of cyclic esters (lactones) is 1. The van der Waals surface area contributed by atoms with E-state index in [1.807, 2.05) is 23.6 Å². The second-order valence-corrected chi connectivity index (χ2v) is 6.14. The minimum atomic E-state index is -0.349. The van der Waals surface area contributed by atoms with Gasteiger partial charge in [-0.25, -0.2) is 9.78 Å². The van der Waals surface area contributed by atoms with E-state index in [1.54, 1.807) is 22.4 Å². The summed E-state index contributed by atoms with van der Waals surface area (Å²) in [6, 6.07) is 5.69. The van der Waals surface area contributed by atoms with Crippen LogP contribution in [0.1, 0.15) is 22.9 Å². The van der Waals surface area contributed by atoms with Crippen molar-refractivity contribution in [2.45, 2.75) is 12.3 Å². The Morgan fingerprint density at radius 3 is 3.00 bits per heavy atom. The molecule has 22 heavy (non-hydrogen) atoms. The zero-order valence-electron chi connectivity index (χ0n) is 11.6. The van der Waals surface area contributed by atoms with E-state index < -0.39 is 0 Å². The molecule has 6 nitrogen and oxygen atoms in total. The van der Waals surface area contributed by atoms with E-state index in [9.17, 15) is 9.59 Å². The number of aromatic nitrogens is 1. The molecule has 1 fully saturated rings. The summed E-state index contributed by atoms with van der Waals surface area (Å²) in [6.45, 7) is 0.922. The zero-order chi connectivity index (χ0) is 15.1. The molecule has 2 aliphatic rings. The molecule has 1 unspecified atom stereocenters. The van der Waals surface area contributed by atoms with Crippen molar-refractivity contribution in [1.29, 1.82) is 0 Å². The summed E-state index contributed by atoms with van der Waals surface area (Å²) in [7, 11) is 0. The van der Waals surface area contributed by atoms with Gasteiger partial charge >= 0.3 is 6.09 Å². The quantitative estimate of drug-likeness (QED) is 0.924. The van der Waals surface area contributed by atoms with Crippen LogP contribution in [0.25, 0.3) is 0 Å². The second-order valence-electron chi connectivity index (χ2n) is 5.21. The lowest BCUT2D eigenvalue weighted by Crippen LogP contribution is -2.26. The fourth-order valence-electron chi connectivity index (χ4n) is 2.88. The van der Waals surface area contributed by atoms with Gasteiger partial charge in [-0.2, -0.15) is 0 Å². The highest BCUT2D eigenvalue weighted by atomic mass is 32.1. The minimum absolute atomic E-state index is 0.0247. The lowest BCUT2D eigenvalue weighted by molar-refractivity contribution is -0.116. The molecule has 0 radical (unpaired) electrons. The average Bonchev–Trinajstić information content (AvgIpc) is 3.17. The van der Waals surface area contributed by atoms with Gasteiger partial charge in [0.15, 0.2) is 0 Å². The molecule has 1 aromatic heterocycles. The van der Waals surface area contributed by atoms with Gasteiger partial charge in [0, 0.05) is 35.3 Å². The predicted octanol–water partition coefficient (Wildman–Crippen LogP) is 2.57. The van der Waals surface area contributed by atoms with Gasteiger partial charge < -0.3 is 10.1 Å². The highest BCUT2D eigenvalue weighted by molar-refractivity contribution is 7.09. The molecule has 0 spiro atoms. The zero-order valence-corrected chi connectivity index (χ0v) is 12.4. The number of anilines is 2. The number of hydrogen-bond acceptors (Lipinski definition) is 5. The lowest BCUT2D eigenvalue weighted by Gasteiger charge is -2.25. The van der Waals surface area contributed by atoms with Crippen LogP contribution in [-0.2, 0) is 9.53 Å². The summed E-state index contributed by atoms with van der Waals surface area (Å²) in [4.78, 5) is 29.6. The topological polar surface area (TPSA) is 71.5 Å². The second kappa shape index (κ2) is 5.10. The van der Waals surface area contributed by atoms with Crippen LogP contribution in [0.2, 0.25) is 0 Å². The SMILES string of the molecule is O=C1CC(c2nccs2)c2ccc(N3CCOC3=O)cc2N1. The van der Waals surface area contributed by atoms with Crippen molar-refractivity contribution in [1.82, 2.24) is 4.98 Å². The molecule has 1 N–H and O–H groups in total. The highest BCUT2D eigenvalue weighted by Crippen LogP contribution is 2.39. The van der Waals surface area contributed by atoms with E-state index in [0.717, 1.165) is 21.9 Å². The van der Waals surface area contributed by atoms with Crippen molar-refractivity contribution >= 4 is 34.7 Å². The summed E-state index contributed by atoms with van der Waals surface area (Å²) >= 11 is 1.55. The molecule has 2 amide bonds. The average molecular weight is 315 g/mol. The minimum Gasteiger partial charge on any atom is -0.447 e. The van der Waals surface area contributed by atoms with Gasteiger partial charge in [0.05, 0.1) is 6.54 Å². The van der Waals surface area contributed by atoms with E-state index >= 15 is 0 Å². The molecular formula is C15H13N3O3S. The standard InChI is InChI=1S/C15H13N3O3S/c19-13-8-11(14-16-3-6-22-14)10-2-1-9(7-12(10)17-13)18-4-5-21-15(18)20/h1-3,6-7,11H,4-5,8H2,(H,17,19). The Morgan fingerprint density at radius 2 is 2.27 bits per heavy atom. The third-order valence-corrected chi connectivity index (χ3v) is 4.79. The van der Waals surface area contributed by atoms with Crippen LogP contribution in [0.15, 0.2) is 29.8 Å². The number of ether oxygens (including phenoxy) is 1. The molecule has 2 aliphatic heterocycles. The summed E-state index contributed by atoms with van der Waals surface area (Å²) in [5.41, 5.74) is 2.51. The van der Waals surface area contributed by atoms with Crippen molar-refractivity contribution in [3.63, 3.8) is 0 Å². The fourth-order valence-corrected chi connectivity index (χ4v) is 3.63. The van der Waals surface area contributed by atoms with Gasteiger partial charge in [0.2, 0.25) is 5.91 Å². The smallest absolute Gasteiger partial charge is 0.414 e. The maximum atomic E-state index is 12.0. The molecule has 0 aliphatic carbocycles. The van der Waals surface area contributed by atoms with Crippen LogP contribution in [0, 0.1) is 0 Å². The van der Waals surface area contributed by atoms with Gasteiger partial charge in [-0.05, 0) is 17.7 Å². The summed E-state index contributed by atoms with van der Waals surface area (Å²) in [5, 5.41) is 5.74. The number of thiazole rings is 1. The maximum absolute atomic E-state index is 12.0. The van der Waals surface area contributed by atoms with Crippen molar-refractivity contribution in [2.75, 3.05) is 23.4 Å². The summed E-state index contributed by atoms with van der Waals surface area (Å²) in [5.74, 6) is -0.0582. The third-order valence-electron chi connectivity index (χ3n) is 3.90. The number of carbonyl (C=O) groups is 2. The first kappa shape index (κ1) is 13.3. The molecular weight excluding hydrogens is 302 g/mol. The van der Waals surface area contributed by atoms with E-state index in [1.165, 1.54) is 0 Å². The number of hydrogen-bond donors (Lipinski definition) is 1. The number of nitrogens with one attached hydrogen (secondary N) is 1. The monoisotopic (exact) mass is 315 g/mol. The van der Waals surface area contributed by atoms with Crippen LogP contribution in [0.3, 0.4) is 0 Å². The van der Waals surface area contributed by atoms with Crippen LogP contribution < -0.4 is 10.2 Å². The number of rotatable bonds is 2. The van der Waals surface area contributed by atoms with E-state index in [4.69, 9.17) is 4.74 Å². The van der Waals surface area contributed by atoms with Crippen LogP contribution in [0.5, 0.6) is 0 Å². The number of fused-ring (bicyclic) bond motifs is 1. The van der Waals surface area contributed by atoms with Crippen molar-refractivity contribution in [2.24, 2.45) is 0 Å². The van der Waals surface area contributed by atoms with E-state index in [0.29, 0.717) is 19.6 Å². The first-order chi connectivity index (χ1) is 10.7. The molecule has 1 saturated heterocycles. The number of carbonyl (C=O) groups excluding carboxylic acids is 2. The van der Waals surface area contributed by atoms with Crippen molar-refractivity contribution in [3.05, 3.63) is 40.3 Å². The largest absolute Gasteiger partial charge is 0.447 e. The number of benzene rings is 1. The van der Waals surface area contributed by atoms with Gasteiger partial charge in [0.1, 0.15) is 11.6 Å². The predicted molar refractivity (Wildman–Crippen MR) is 82.3 cm³/mol. The molecule has 2 aromatic rings. The Bertz CT molecular complexity index is 744.